The summed E-state index contributed by atoms with van der Waals surface area (Å²) in [5, 5.41) is 1.96. The highest BCUT2D eigenvalue weighted by molar-refractivity contribution is 6.19. The third-order valence-electron chi connectivity index (χ3n) is 10.2. The molecule has 0 N–H and O–H groups in total. The number of fused-ring (bicyclic) bond motifs is 3. The van der Waals surface area contributed by atoms with Crippen LogP contribution in [0.4, 0.5) is 0 Å². The van der Waals surface area contributed by atoms with Crippen molar-refractivity contribution in [2.45, 2.75) is 0 Å². The van der Waals surface area contributed by atoms with Crippen LogP contribution in [-0.4, -0.2) is 15.0 Å². The zero-order chi connectivity index (χ0) is 36.6. The maximum absolute atomic E-state index is 7.09. The van der Waals surface area contributed by atoms with Gasteiger partial charge in [0.25, 0.3) is 0 Å². The predicted octanol–water partition coefficient (Wildman–Crippen LogP) is 13.4. The SMILES string of the molecule is c1ccc(-c2ccc(-c3nc(-c4ccccc4)nc(-c4ccc(-c5ccccc5)c5oc6c(-c7ccccc7)cc(-c7ccccc7)cc6c45)n3)cc2)cc1. The van der Waals surface area contributed by atoms with E-state index in [2.05, 4.69) is 152 Å². The Morgan fingerprint density at radius 1 is 0.273 bits per heavy atom. The lowest BCUT2D eigenvalue weighted by atomic mass is 9.93. The monoisotopic (exact) mass is 703 g/mol. The standard InChI is InChI=1S/C51H33N3O/c1-6-16-34(17-7-1)36-26-28-40(29-27-36)50-52-49(39-24-14-5-15-25-39)53-51(54-50)43-31-30-42(37-20-10-3-11-21-37)48-46(43)45-33-41(35-18-8-2-9-19-35)32-44(47(45)55-48)38-22-12-4-13-23-38/h1-33H. The van der Waals surface area contributed by atoms with Gasteiger partial charge in [0.2, 0.25) is 0 Å². The lowest BCUT2D eigenvalue weighted by Crippen LogP contribution is -2.00. The Kier molecular flexibility index (Phi) is 8.12. The maximum atomic E-state index is 7.09. The molecule has 0 unspecified atom stereocenters. The van der Waals surface area contributed by atoms with Crippen LogP contribution in [0.1, 0.15) is 0 Å². The largest absolute Gasteiger partial charge is 0.455 e. The van der Waals surface area contributed by atoms with Gasteiger partial charge in [-0.25, -0.2) is 15.0 Å². The van der Waals surface area contributed by atoms with Gasteiger partial charge in [0.05, 0.1) is 0 Å². The van der Waals surface area contributed by atoms with Gasteiger partial charge in [-0.1, -0.05) is 176 Å². The van der Waals surface area contributed by atoms with Crippen LogP contribution in [0.2, 0.25) is 0 Å². The number of benzene rings is 8. The molecular formula is C51H33N3O. The summed E-state index contributed by atoms with van der Waals surface area (Å²) in [6.07, 6.45) is 0. The zero-order valence-electron chi connectivity index (χ0n) is 29.8. The molecule has 2 heterocycles. The molecule has 4 heteroatoms. The number of nitrogens with zero attached hydrogens (tertiary/aromatic N) is 3. The average Bonchev–Trinajstić information content (AvgIpc) is 3.67. The lowest BCUT2D eigenvalue weighted by molar-refractivity contribution is 0.671. The molecule has 10 aromatic rings. The van der Waals surface area contributed by atoms with Crippen molar-refractivity contribution in [3.63, 3.8) is 0 Å². The molecular weight excluding hydrogens is 671 g/mol. The van der Waals surface area contributed by atoms with E-state index in [0.29, 0.717) is 17.5 Å². The van der Waals surface area contributed by atoms with Gasteiger partial charge in [0.15, 0.2) is 17.5 Å². The van der Waals surface area contributed by atoms with Gasteiger partial charge in [-0.3, -0.25) is 0 Å². The maximum Gasteiger partial charge on any atom is 0.164 e. The molecule has 0 saturated carbocycles. The fraction of sp³-hybridized carbons (Fsp3) is 0. The Bertz CT molecular complexity index is 2930. The van der Waals surface area contributed by atoms with Gasteiger partial charge >= 0.3 is 0 Å². The van der Waals surface area contributed by atoms with Gasteiger partial charge < -0.3 is 4.42 Å². The molecule has 258 valence electrons. The Morgan fingerprint density at radius 3 is 1.24 bits per heavy atom. The van der Waals surface area contributed by atoms with Crippen molar-refractivity contribution in [3.05, 3.63) is 200 Å². The Labute approximate surface area is 319 Å². The van der Waals surface area contributed by atoms with Gasteiger partial charge in [-0.15, -0.1) is 0 Å². The van der Waals surface area contributed by atoms with Crippen LogP contribution in [-0.2, 0) is 0 Å². The van der Waals surface area contributed by atoms with E-state index in [1.165, 1.54) is 0 Å². The summed E-state index contributed by atoms with van der Waals surface area (Å²) >= 11 is 0. The predicted molar refractivity (Wildman–Crippen MR) is 225 cm³/mol. The molecule has 0 aliphatic rings. The number of furan rings is 1. The fourth-order valence-electron chi connectivity index (χ4n) is 7.43. The third-order valence-corrected chi connectivity index (χ3v) is 10.2. The van der Waals surface area contributed by atoms with Crippen LogP contribution in [0.5, 0.6) is 0 Å². The van der Waals surface area contributed by atoms with Crippen molar-refractivity contribution >= 4 is 21.9 Å². The quantitative estimate of drug-likeness (QED) is 0.166. The third kappa shape index (κ3) is 6.06. The lowest BCUT2D eigenvalue weighted by Gasteiger charge is -2.11. The molecule has 0 atom stereocenters. The Balaban J connectivity index is 1.26. The van der Waals surface area contributed by atoms with E-state index in [1.54, 1.807) is 0 Å². The minimum Gasteiger partial charge on any atom is -0.455 e. The summed E-state index contributed by atoms with van der Waals surface area (Å²) in [5.41, 5.74) is 13.0. The molecule has 4 nitrogen and oxygen atoms in total. The second-order valence-corrected chi connectivity index (χ2v) is 13.6. The molecule has 0 spiro atoms. The first kappa shape index (κ1) is 32.2. The summed E-state index contributed by atoms with van der Waals surface area (Å²) in [6, 6.07) is 69.1. The Hall–Kier alpha value is -7.43. The molecule has 0 radical (unpaired) electrons. The van der Waals surface area contributed by atoms with Crippen LogP contribution in [0, 0.1) is 0 Å². The highest BCUT2D eigenvalue weighted by Crippen LogP contribution is 2.46. The molecule has 0 bridgehead atoms. The fourth-order valence-corrected chi connectivity index (χ4v) is 7.43. The number of hydrogen-bond donors (Lipinski definition) is 0. The van der Waals surface area contributed by atoms with E-state index in [1.807, 2.05) is 48.5 Å². The van der Waals surface area contributed by atoms with Crippen LogP contribution in [0.3, 0.4) is 0 Å². The molecule has 55 heavy (non-hydrogen) atoms. The molecule has 0 saturated heterocycles. The topological polar surface area (TPSA) is 51.8 Å². The summed E-state index contributed by atoms with van der Waals surface area (Å²) in [7, 11) is 0. The van der Waals surface area contributed by atoms with E-state index in [0.717, 1.165) is 83.1 Å². The van der Waals surface area contributed by atoms with Crippen LogP contribution >= 0.6 is 0 Å². The molecule has 10 rings (SSSR count). The highest BCUT2D eigenvalue weighted by Gasteiger charge is 2.23. The second-order valence-electron chi connectivity index (χ2n) is 13.6. The first-order valence-corrected chi connectivity index (χ1v) is 18.4. The summed E-state index contributed by atoms with van der Waals surface area (Å²) in [6.45, 7) is 0. The molecule has 0 fully saturated rings. The van der Waals surface area contributed by atoms with Gasteiger partial charge in [0.1, 0.15) is 11.2 Å². The zero-order valence-corrected chi connectivity index (χ0v) is 29.8. The van der Waals surface area contributed by atoms with Crippen molar-refractivity contribution in [1.82, 2.24) is 15.0 Å². The summed E-state index contributed by atoms with van der Waals surface area (Å²) < 4.78 is 7.09. The molecule has 8 aromatic carbocycles. The molecule has 2 aromatic heterocycles. The van der Waals surface area contributed by atoms with Crippen molar-refractivity contribution in [1.29, 1.82) is 0 Å². The Morgan fingerprint density at radius 2 is 0.673 bits per heavy atom. The minimum absolute atomic E-state index is 0.578. The van der Waals surface area contributed by atoms with Crippen molar-refractivity contribution < 1.29 is 4.42 Å². The van der Waals surface area contributed by atoms with Crippen LogP contribution < -0.4 is 0 Å². The van der Waals surface area contributed by atoms with Crippen LogP contribution in [0.25, 0.3) is 101 Å². The molecule has 0 aliphatic carbocycles. The second kappa shape index (κ2) is 13.8. The number of rotatable bonds is 7. The first-order valence-electron chi connectivity index (χ1n) is 18.4. The molecule has 0 amide bonds. The normalized spacial score (nSPS) is 11.3. The first-order chi connectivity index (χ1) is 27.3. The summed E-state index contributed by atoms with van der Waals surface area (Å²) in [4.78, 5) is 15.5. The van der Waals surface area contributed by atoms with Crippen molar-refractivity contribution in [2.24, 2.45) is 0 Å². The minimum atomic E-state index is 0.578. The van der Waals surface area contributed by atoms with E-state index in [9.17, 15) is 0 Å². The average molecular weight is 704 g/mol. The van der Waals surface area contributed by atoms with Crippen molar-refractivity contribution in [2.75, 3.05) is 0 Å². The van der Waals surface area contributed by atoms with Crippen molar-refractivity contribution in [3.8, 4) is 78.7 Å². The number of aromatic nitrogens is 3. The van der Waals surface area contributed by atoms with Gasteiger partial charge in [-0.05, 0) is 57.6 Å². The highest BCUT2D eigenvalue weighted by atomic mass is 16.3. The smallest absolute Gasteiger partial charge is 0.164 e. The number of hydrogen-bond acceptors (Lipinski definition) is 4. The van der Waals surface area contributed by atoms with Crippen LogP contribution in [0.15, 0.2) is 205 Å². The van der Waals surface area contributed by atoms with E-state index < -0.39 is 0 Å². The van der Waals surface area contributed by atoms with Gasteiger partial charge in [-0.2, -0.15) is 0 Å². The van der Waals surface area contributed by atoms with E-state index in [4.69, 9.17) is 19.4 Å². The summed E-state index contributed by atoms with van der Waals surface area (Å²) in [5.74, 6) is 1.79. The van der Waals surface area contributed by atoms with E-state index >= 15 is 0 Å². The van der Waals surface area contributed by atoms with E-state index in [-0.39, 0.29) is 0 Å². The van der Waals surface area contributed by atoms with Gasteiger partial charge in [0, 0.05) is 38.6 Å². The molecule has 0 aliphatic heterocycles.